The third-order valence-electron chi connectivity index (χ3n) is 1.15. The number of hydrogen-bond donors (Lipinski definition) is 2. The highest BCUT2D eigenvalue weighted by Gasteiger charge is 2.31. The maximum Gasteiger partial charge on any atom is 0.335 e. The van der Waals surface area contributed by atoms with E-state index < -0.39 is 11.6 Å². The number of alkyl halides is 1. The van der Waals surface area contributed by atoms with Gasteiger partial charge in [0.25, 0.3) is 0 Å². The third-order valence-corrected chi connectivity index (χ3v) is 1.78. The number of aliphatic hydroxyl groups is 1. The standard InChI is InChI=1S/C6H9BrO4/c1-6(11,5(9)10)2-4(8)3-7/h11H,2-3H2,1H3,(H,9,10). The van der Waals surface area contributed by atoms with Crippen molar-refractivity contribution in [2.45, 2.75) is 18.9 Å². The summed E-state index contributed by atoms with van der Waals surface area (Å²) in [5.41, 5.74) is -1.94. The molecule has 64 valence electrons. The van der Waals surface area contributed by atoms with E-state index in [0.29, 0.717) is 0 Å². The molecular weight excluding hydrogens is 216 g/mol. The van der Waals surface area contributed by atoms with Crippen LogP contribution < -0.4 is 0 Å². The summed E-state index contributed by atoms with van der Waals surface area (Å²) in [6.45, 7) is 1.09. The number of ketones is 1. The lowest BCUT2D eigenvalue weighted by atomic mass is 10.0. The van der Waals surface area contributed by atoms with Crippen molar-refractivity contribution in [2.24, 2.45) is 0 Å². The van der Waals surface area contributed by atoms with Gasteiger partial charge in [0.1, 0.15) is 5.78 Å². The van der Waals surface area contributed by atoms with Crippen LogP contribution in [0.25, 0.3) is 0 Å². The maximum atomic E-state index is 10.7. The van der Waals surface area contributed by atoms with Crippen molar-refractivity contribution in [2.75, 3.05) is 5.33 Å². The van der Waals surface area contributed by atoms with E-state index in [0.717, 1.165) is 6.92 Å². The van der Waals surface area contributed by atoms with Crippen LogP contribution in [0.1, 0.15) is 13.3 Å². The van der Waals surface area contributed by atoms with Gasteiger partial charge < -0.3 is 10.2 Å². The molecule has 0 aromatic heterocycles. The minimum atomic E-state index is -1.94. The van der Waals surface area contributed by atoms with E-state index in [4.69, 9.17) is 10.2 Å². The van der Waals surface area contributed by atoms with Crippen molar-refractivity contribution < 1.29 is 19.8 Å². The molecule has 0 fully saturated rings. The highest BCUT2D eigenvalue weighted by Crippen LogP contribution is 2.10. The van der Waals surface area contributed by atoms with E-state index in [1.165, 1.54) is 0 Å². The van der Waals surface area contributed by atoms with Gasteiger partial charge in [-0.2, -0.15) is 0 Å². The lowest BCUT2D eigenvalue weighted by molar-refractivity contribution is -0.158. The van der Waals surface area contributed by atoms with Gasteiger partial charge >= 0.3 is 5.97 Å². The fourth-order valence-electron chi connectivity index (χ4n) is 0.507. The van der Waals surface area contributed by atoms with Crippen LogP contribution in [0, 0.1) is 0 Å². The molecule has 0 radical (unpaired) electrons. The van der Waals surface area contributed by atoms with Gasteiger partial charge in [-0.25, -0.2) is 4.79 Å². The molecule has 1 atom stereocenters. The SMILES string of the molecule is CC(O)(CC(=O)CBr)C(=O)O. The van der Waals surface area contributed by atoms with E-state index in [1.807, 2.05) is 0 Å². The lowest BCUT2D eigenvalue weighted by Gasteiger charge is -2.15. The van der Waals surface area contributed by atoms with Gasteiger partial charge in [-0.05, 0) is 6.92 Å². The Balaban J connectivity index is 4.12. The normalized spacial score (nSPS) is 15.5. The van der Waals surface area contributed by atoms with Gasteiger partial charge in [0.05, 0.1) is 5.33 Å². The van der Waals surface area contributed by atoms with E-state index in [1.54, 1.807) is 0 Å². The Labute approximate surface area is 72.3 Å². The van der Waals surface area contributed by atoms with Crippen molar-refractivity contribution in [3.63, 3.8) is 0 Å². The molecule has 5 heteroatoms. The average molecular weight is 225 g/mol. The summed E-state index contributed by atoms with van der Waals surface area (Å²) in [5, 5.41) is 17.5. The van der Waals surface area contributed by atoms with Gasteiger partial charge in [0.15, 0.2) is 5.60 Å². The number of carbonyl (C=O) groups is 2. The molecule has 1 unspecified atom stereocenters. The number of carboxylic acids is 1. The molecule has 0 aromatic carbocycles. The maximum absolute atomic E-state index is 10.7. The minimum Gasteiger partial charge on any atom is -0.479 e. The van der Waals surface area contributed by atoms with Gasteiger partial charge in [0, 0.05) is 6.42 Å². The van der Waals surface area contributed by atoms with Crippen LogP contribution in [0.3, 0.4) is 0 Å². The molecule has 0 rings (SSSR count). The average Bonchev–Trinajstić information content (AvgIpc) is 1.86. The van der Waals surface area contributed by atoms with Gasteiger partial charge in [-0.3, -0.25) is 4.79 Å². The van der Waals surface area contributed by atoms with Crippen molar-refractivity contribution >= 4 is 27.7 Å². The van der Waals surface area contributed by atoms with Crippen molar-refractivity contribution in [1.29, 1.82) is 0 Å². The van der Waals surface area contributed by atoms with Crippen LogP contribution in [-0.4, -0.2) is 32.9 Å². The predicted octanol–water partition coefficient (Wildman–Crippen LogP) is 0.176. The smallest absolute Gasteiger partial charge is 0.335 e. The number of aliphatic carboxylic acids is 1. The first kappa shape index (κ1) is 10.6. The van der Waals surface area contributed by atoms with Crippen molar-refractivity contribution in [3.05, 3.63) is 0 Å². The Kier molecular flexibility index (Phi) is 3.68. The van der Waals surface area contributed by atoms with E-state index in [-0.39, 0.29) is 17.5 Å². The number of hydrogen-bond acceptors (Lipinski definition) is 3. The number of carboxylic acid groups (broad SMARTS) is 1. The third kappa shape index (κ3) is 3.48. The largest absolute Gasteiger partial charge is 0.479 e. The fraction of sp³-hybridized carbons (Fsp3) is 0.667. The Bertz CT molecular complexity index is 175. The van der Waals surface area contributed by atoms with Crippen LogP contribution in [-0.2, 0) is 9.59 Å². The topological polar surface area (TPSA) is 74.6 Å². The minimum absolute atomic E-state index is 0.0659. The Morgan fingerprint density at radius 1 is 1.55 bits per heavy atom. The molecule has 11 heavy (non-hydrogen) atoms. The first-order valence-corrected chi connectivity index (χ1v) is 4.05. The predicted molar refractivity (Wildman–Crippen MR) is 41.7 cm³/mol. The van der Waals surface area contributed by atoms with Crippen LogP contribution in [0.5, 0.6) is 0 Å². The zero-order valence-electron chi connectivity index (χ0n) is 6.00. The van der Waals surface area contributed by atoms with Crippen LogP contribution in [0.15, 0.2) is 0 Å². The summed E-state index contributed by atoms with van der Waals surface area (Å²) < 4.78 is 0. The molecule has 0 aliphatic rings. The van der Waals surface area contributed by atoms with Gasteiger partial charge in [-0.1, -0.05) is 15.9 Å². The molecule has 0 aliphatic carbocycles. The van der Waals surface area contributed by atoms with Crippen molar-refractivity contribution in [3.8, 4) is 0 Å². The number of carbonyl (C=O) groups excluding carboxylic acids is 1. The Morgan fingerprint density at radius 2 is 2.00 bits per heavy atom. The van der Waals surface area contributed by atoms with E-state index >= 15 is 0 Å². The van der Waals surface area contributed by atoms with E-state index in [2.05, 4.69) is 15.9 Å². The Hall–Kier alpha value is -0.420. The number of Topliss-reactive ketones (excluding diaryl/α,β-unsaturated/α-hetero) is 1. The summed E-state index contributed by atoms with van der Waals surface area (Å²) in [6.07, 6.45) is -0.367. The molecule has 0 heterocycles. The molecule has 4 nitrogen and oxygen atoms in total. The second-order valence-corrected chi connectivity index (χ2v) is 2.99. The van der Waals surface area contributed by atoms with Crippen LogP contribution >= 0.6 is 15.9 Å². The molecule has 0 aliphatic heterocycles. The zero-order valence-corrected chi connectivity index (χ0v) is 7.59. The second-order valence-electron chi connectivity index (χ2n) is 2.43. The van der Waals surface area contributed by atoms with Gasteiger partial charge in [-0.15, -0.1) is 0 Å². The Morgan fingerprint density at radius 3 is 2.27 bits per heavy atom. The number of rotatable bonds is 4. The lowest BCUT2D eigenvalue weighted by Crippen LogP contribution is -2.37. The zero-order chi connectivity index (χ0) is 9.07. The summed E-state index contributed by atoms with van der Waals surface area (Å²) in [5.74, 6) is -1.72. The van der Waals surface area contributed by atoms with Crippen molar-refractivity contribution in [1.82, 2.24) is 0 Å². The molecule has 0 bridgehead atoms. The fourth-order valence-corrected chi connectivity index (χ4v) is 0.705. The van der Waals surface area contributed by atoms with Crippen LogP contribution in [0.2, 0.25) is 0 Å². The molecule has 0 aromatic rings. The summed E-state index contributed by atoms with van der Waals surface area (Å²) >= 11 is 2.86. The summed E-state index contributed by atoms with van der Waals surface area (Å²) in [7, 11) is 0. The molecule has 0 saturated carbocycles. The first-order valence-electron chi connectivity index (χ1n) is 2.93. The van der Waals surface area contributed by atoms with E-state index in [9.17, 15) is 9.59 Å². The molecular formula is C6H9BrO4. The summed E-state index contributed by atoms with van der Waals surface area (Å²) in [6, 6.07) is 0. The highest BCUT2D eigenvalue weighted by atomic mass is 79.9. The molecule has 0 saturated heterocycles. The molecule has 0 spiro atoms. The van der Waals surface area contributed by atoms with Gasteiger partial charge in [0.2, 0.25) is 0 Å². The molecule has 0 amide bonds. The number of halogens is 1. The summed E-state index contributed by atoms with van der Waals surface area (Å²) in [4.78, 5) is 20.9. The first-order chi connectivity index (χ1) is 4.90. The second kappa shape index (κ2) is 3.82. The quantitative estimate of drug-likeness (QED) is 0.669. The van der Waals surface area contributed by atoms with Crippen LogP contribution in [0.4, 0.5) is 0 Å². The monoisotopic (exact) mass is 224 g/mol. The molecule has 2 N–H and O–H groups in total. The highest BCUT2D eigenvalue weighted by molar-refractivity contribution is 9.09.